The molecular weight excluding hydrogens is 399 g/mol. The Labute approximate surface area is 146 Å². The van der Waals surface area contributed by atoms with Crippen LogP contribution in [0.3, 0.4) is 0 Å². The van der Waals surface area contributed by atoms with Gasteiger partial charge in [-0.3, -0.25) is 0 Å². The molecule has 0 saturated heterocycles. The maximum atomic E-state index is 11.3. The zero-order valence-corrected chi connectivity index (χ0v) is 18.4. The van der Waals surface area contributed by atoms with Gasteiger partial charge >= 0.3 is 146 Å². The third kappa shape index (κ3) is 10.6. The Morgan fingerprint density at radius 3 is 1.39 bits per heavy atom. The molecule has 0 atom stereocenters. The van der Waals surface area contributed by atoms with E-state index in [1.165, 1.54) is 26.0 Å². The summed E-state index contributed by atoms with van der Waals surface area (Å²) in [6.45, 7) is 11.0. The van der Waals surface area contributed by atoms with E-state index in [2.05, 4.69) is 13.8 Å². The fourth-order valence-electron chi connectivity index (χ4n) is 2.46. The monoisotopic (exact) mass is 432 g/mol. The van der Waals surface area contributed by atoms with Gasteiger partial charge in [-0.25, -0.2) is 0 Å². The summed E-state index contributed by atoms with van der Waals surface area (Å²) in [7, 11) is 0. The molecule has 0 aliphatic heterocycles. The van der Waals surface area contributed by atoms with Crippen molar-refractivity contribution in [2.75, 3.05) is 0 Å². The van der Waals surface area contributed by atoms with Crippen LogP contribution in [0.15, 0.2) is 23.7 Å². The topological polar surface area (TPSA) is 52.6 Å². The van der Waals surface area contributed by atoms with Gasteiger partial charge in [0, 0.05) is 0 Å². The molecule has 0 amide bonds. The number of unbranched alkanes of at least 4 members (excludes halogenated alkanes) is 2. The molecule has 0 aromatic carbocycles. The number of rotatable bonds is 12. The summed E-state index contributed by atoms with van der Waals surface area (Å²) in [5.41, 5.74) is 0. The molecule has 0 radical (unpaired) electrons. The molecule has 0 spiro atoms. The van der Waals surface area contributed by atoms with E-state index in [9.17, 15) is 9.59 Å². The Bertz CT molecular complexity index is 410. The van der Waals surface area contributed by atoms with Gasteiger partial charge in [-0.15, -0.1) is 0 Å². The van der Waals surface area contributed by atoms with Crippen LogP contribution in [0.1, 0.15) is 67.2 Å². The van der Waals surface area contributed by atoms with E-state index >= 15 is 0 Å². The van der Waals surface area contributed by atoms with E-state index in [0.717, 1.165) is 34.6 Å². The zero-order chi connectivity index (χ0) is 17.9. The molecular formula is C18H32O4Sn. The van der Waals surface area contributed by atoms with E-state index in [1.54, 1.807) is 0 Å². The number of hydrogen-bond donors (Lipinski definition) is 0. The molecule has 5 heteroatoms. The summed E-state index contributed by atoms with van der Waals surface area (Å²) < 4.78 is 14.4. The molecule has 0 aliphatic rings. The van der Waals surface area contributed by atoms with Crippen molar-refractivity contribution < 1.29 is 15.7 Å². The van der Waals surface area contributed by atoms with Crippen LogP contribution >= 0.6 is 0 Å². The summed E-state index contributed by atoms with van der Waals surface area (Å²) in [4.78, 5) is 22.6. The van der Waals surface area contributed by atoms with Crippen LogP contribution in [0.2, 0.25) is 8.87 Å². The first kappa shape index (κ1) is 22.2. The second kappa shape index (κ2) is 11.7. The third-order valence-corrected chi connectivity index (χ3v) is 13.7. The fourth-order valence-corrected chi connectivity index (χ4v) is 13.2. The quantitative estimate of drug-likeness (QED) is 0.247. The number of allylic oxidation sites excluding steroid dienone is 4. The summed E-state index contributed by atoms with van der Waals surface area (Å²) in [5.74, 6) is 1.22. The SMILES string of the molecule is CCC[CH2][Sn]([CH2]CCC)([O]/C(C)=C\C(C)=O)[O]/C(C)=C/C(C)=O. The average Bonchev–Trinajstić information content (AvgIpc) is 2.40. The van der Waals surface area contributed by atoms with E-state index < -0.39 is 19.2 Å². The van der Waals surface area contributed by atoms with Crippen molar-refractivity contribution >= 4 is 30.8 Å². The van der Waals surface area contributed by atoms with Gasteiger partial charge < -0.3 is 0 Å². The number of carbonyl (C=O) groups excluding carboxylic acids is 2. The number of carbonyl (C=O) groups is 2. The molecule has 0 N–H and O–H groups in total. The molecule has 0 aromatic heterocycles. The first-order valence-electron chi connectivity index (χ1n) is 8.50. The van der Waals surface area contributed by atoms with Crippen LogP contribution in [-0.2, 0) is 15.7 Å². The predicted molar refractivity (Wildman–Crippen MR) is 96.2 cm³/mol. The van der Waals surface area contributed by atoms with Gasteiger partial charge in [0.2, 0.25) is 0 Å². The predicted octanol–water partition coefficient (Wildman–Crippen LogP) is 5.05. The van der Waals surface area contributed by atoms with Gasteiger partial charge in [-0.2, -0.15) is 0 Å². The minimum absolute atomic E-state index is 0.0235. The molecule has 132 valence electrons. The van der Waals surface area contributed by atoms with Crippen LogP contribution in [0, 0.1) is 0 Å². The first-order valence-corrected chi connectivity index (χ1v) is 14.9. The number of hydrogen-bond acceptors (Lipinski definition) is 4. The van der Waals surface area contributed by atoms with Gasteiger partial charge in [0.05, 0.1) is 0 Å². The van der Waals surface area contributed by atoms with Crippen molar-refractivity contribution in [3.8, 4) is 0 Å². The Hall–Kier alpha value is -0.781. The summed E-state index contributed by atoms with van der Waals surface area (Å²) in [6.07, 6.45) is 7.28. The van der Waals surface area contributed by atoms with Gasteiger partial charge in [0.25, 0.3) is 0 Å². The molecule has 4 nitrogen and oxygen atoms in total. The summed E-state index contributed by atoms with van der Waals surface area (Å²) >= 11 is -3.42. The van der Waals surface area contributed by atoms with E-state index in [-0.39, 0.29) is 11.6 Å². The average molecular weight is 431 g/mol. The van der Waals surface area contributed by atoms with Crippen molar-refractivity contribution in [3.63, 3.8) is 0 Å². The van der Waals surface area contributed by atoms with Gasteiger partial charge in [0.1, 0.15) is 0 Å². The van der Waals surface area contributed by atoms with Crippen molar-refractivity contribution in [3.05, 3.63) is 23.7 Å². The Morgan fingerprint density at radius 2 is 1.13 bits per heavy atom. The van der Waals surface area contributed by atoms with E-state index in [0.29, 0.717) is 11.5 Å². The maximum absolute atomic E-state index is 11.3. The zero-order valence-electron chi connectivity index (χ0n) is 15.5. The van der Waals surface area contributed by atoms with E-state index in [4.69, 9.17) is 6.15 Å². The minimum atomic E-state index is -3.42. The van der Waals surface area contributed by atoms with Crippen molar-refractivity contribution in [1.82, 2.24) is 0 Å². The second-order valence-corrected chi connectivity index (χ2v) is 15.3. The molecule has 0 fully saturated rings. The fraction of sp³-hybridized carbons (Fsp3) is 0.667. The van der Waals surface area contributed by atoms with Crippen LogP contribution in [-0.4, -0.2) is 30.8 Å². The standard InChI is InChI=1S/2C5H8O2.2C4H9.Sn/c2*1-4(6)3-5(2)7;2*1-3-4-2;/h2*3,6H,1-2H3;2*1,3-4H2,2H3;/q;;;;+2/p-2/b4-3+;4-3-;;;. The third-order valence-electron chi connectivity index (χ3n) is 3.33. The molecule has 0 bridgehead atoms. The molecule has 23 heavy (non-hydrogen) atoms. The molecule has 0 aliphatic carbocycles. The van der Waals surface area contributed by atoms with Crippen LogP contribution in [0.4, 0.5) is 0 Å². The Morgan fingerprint density at radius 1 is 0.783 bits per heavy atom. The molecule has 0 unspecified atom stereocenters. The summed E-state index contributed by atoms with van der Waals surface area (Å²) in [5, 5.41) is 0. The van der Waals surface area contributed by atoms with Crippen molar-refractivity contribution in [1.29, 1.82) is 0 Å². The van der Waals surface area contributed by atoms with Crippen molar-refractivity contribution in [2.45, 2.75) is 76.1 Å². The number of ketones is 2. The van der Waals surface area contributed by atoms with Gasteiger partial charge in [-0.05, 0) is 0 Å². The normalized spacial score (nSPS) is 13.0. The Kier molecular flexibility index (Phi) is 11.3. The van der Waals surface area contributed by atoms with Crippen molar-refractivity contribution in [2.24, 2.45) is 0 Å². The van der Waals surface area contributed by atoms with Crippen LogP contribution < -0.4 is 0 Å². The molecule has 0 heterocycles. The summed E-state index contributed by atoms with van der Waals surface area (Å²) in [6, 6.07) is 0. The molecule has 0 saturated carbocycles. The Balaban J connectivity index is 5.46. The van der Waals surface area contributed by atoms with Gasteiger partial charge in [-0.1, -0.05) is 0 Å². The van der Waals surface area contributed by atoms with E-state index in [1.807, 2.05) is 13.8 Å². The van der Waals surface area contributed by atoms with Crippen LogP contribution in [0.5, 0.6) is 0 Å². The second-order valence-electron chi connectivity index (χ2n) is 6.05. The first-order chi connectivity index (χ1) is 10.7. The van der Waals surface area contributed by atoms with Gasteiger partial charge in [0.15, 0.2) is 0 Å². The molecule has 0 rings (SSSR count). The molecule has 0 aromatic rings. The van der Waals surface area contributed by atoms with Crippen LogP contribution in [0.25, 0.3) is 0 Å².